The van der Waals surface area contributed by atoms with Crippen LogP contribution >= 0.6 is 0 Å². The third kappa shape index (κ3) is 2.50. The van der Waals surface area contributed by atoms with Gasteiger partial charge in [0.05, 0.1) is 0 Å². The van der Waals surface area contributed by atoms with Crippen LogP contribution in [-0.4, -0.2) is 0 Å². The molecule has 0 amide bonds. The smallest absolute Gasteiger partial charge is 0.0178 e. The van der Waals surface area contributed by atoms with Gasteiger partial charge in [-0.1, -0.05) is 59.7 Å². The summed E-state index contributed by atoms with van der Waals surface area (Å²) in [6.07, 6.45) is 2.49. The number of rotatable bonds is 3. The molecule has 4 rings (SSSR count). The molecule has 2 N–H and O–H groups in total. The van der Waals surface area contributed by atoms with Gasteiger partial charge < -0.3 is 5.73 Å². The van der Waals surface area contributed by atoms with Crippen molar-refractivity contribution in [1.82, 2.24) is 0 Å². The highest BCUT2D eigenvalue weighted by Gasteiger charge is 2.35. The summed E-state index contributed by atoms with van der Waals surface area (Å²) in [5, 5.41) is 0. The standard InChI is InChI=1S/C25H27N/c1-15-16(2)18(4)25(17(15)3)24-13-23(21-10-5-6-11-22(21)24)20-9-7-8-19(12-20)14-26/h5-13,24-25H,14,26H2,1-4H3. The molecule has 1 unspecified atom stereocenters. The molecule has 1 nitrogen and oxygen atoms in total. The molecule has 0 aliphatic heterocycles. The van der Waals surface area contributed by atoms with Gasteiger partial charge >= 0.3 is 0 Å². The molecule has 0 fully saturated rings. The third-order valence-electron chi connectivity index (χ3n) is 6.47. The third-order valence-corrected chi connectivity index (χ3v) is 6.47. The number of benzene rings is 2. The van der Waals surface area contributed by atoms with E-state index in [9.17, 15) is 0 Å². The van der Waals surface area contributed by atoms with Crippen LogP contribution in [0.3, 0.4) is 0 Å². The Morgan fingerprint density at radius 2 is 1.54 bits per heavy atom. The second-order valence-corrected chi connectivity index (χ2v) is 7.69. The van der Waals surface area contributed by atoms with E-state index in [1.165, 1.54) is 50.1 Å². The van der Waals surface area contributed by atoms with Crippen molar-refractivity contribution >= 4 is 5.57 Å². The summed E-state index contributed by atoms with van der Waals surface area (Å²) in [7, 11) is 0. The SMILES string of the molecule is CC1=C(C)C(C2C=C(c3cccc(CN)c3)c3ccccc32)C(C)=C1C. The average Bonchev–Trinajstić information content (AvgIpc) is 3.14. The van der Waals surface area contributed by atoms with Crippen molar-refractivity contribution in [2.75, 3.05) is 0 Å². The number of hydrogen-bond acceptors (Lipinski definition) is 1. The van der Waals surface area contributed by atoms with Gasteiger partial charge in [-0.2, -0.15) is 0 Å². The number of hydrogen-bond donors (Lipinski definition) is 1. The Hall–Kier alpha value is -2.38. The van der Waals surface area contributed by atoms with Gasteiger partial charge in [0.2, 0.25) is 0 Å². The van der Waals surface area contributed by atoms with Crippen molar-refractivity contribution in [3.63, 3.8) is 0 Å². The zero-order valence-electron chi connectivity index (χ0n) is 16.1. The van der Waals surface area contributed by atoms with Crippen LogP contribution in [-0.2, 0) is 6.54 Å². The molecule has 132 valence electrons. The Morgan fingerprint density at radius 3 is 2.23 bits per heavy atom. The second kappa shape index (κ2) is 6.41. The summed E-state index contributed by atoms with van der Waals surface area (Å²) in [4.78, 5) is 0. The van der Waals surface area contributed by atoms with Crippen LogP contribution in [0.5, 0.6) is 0 Å². The van der Waals surface area contributed by atoms with Crippen molar-refractivity contribution in [3.05, 3.63) is 99.2 Å². The molecule has 26 heavy (non-hydrogen) atoms. The normalized spacial score (nSPS) is 20.0. The van der Waals surface area contributed by atoms with Crippen molar-refractivity contribution in [2.24, 2.45) is 11.7 Å². The molecule has 2 aliphatic rings. The van der Waals surface area contributed by atoms with Crippen molar-refractivity contribution < 1.29 is 0 Å². The van der Waals surface area contributed by atoms with Gasteiger partial charge in [0.1, 0.15) is 0 Å². The lowest BCUT2D eigenvalue weighted by Crippen LogP contribution is -2.11. The summed E-state index contributed by atoms with van der Waals surface area (Å²) >= 11 is 0. The van der Waals surface area contributed by atoms with Crippen molar-refractivity contribution in [3.8, 4) is 0 Å². The summed E-state index contributed by atoms with van der Waals surface area (Å²) in [6, 6.07) is 17.6. The minimum absolute atomic E-state index is 0.412. The molecule has 0 heterocycles. The first kappa shape index (κ1) is 17.1. The van der Waals surface area contributed by atoms with E-state index in [4.69, 9.17) is 5.73 Å². The molecule has 0 radical (unpaired) electrons. The van der Waals surface area contributed by atoms with E-state index in [1.807, 2.05) is 0 Å². The quantitative estimate of drug-likeness (QED) is 0.730. The lowest BCUT2D eigenvalue weighted by molar-refractivity contribution is 0.648. The zero-order valence-corrected chi connectivity index (χ0v) is 16.1. The summed E-state index contributed by atoms with van der Waals surface area (Å²) in [6.45, 7) is 9.73. The Balaban J connectivity index is 1.86. The van der Waals surface area contributed by atoms with Gasteiger partial charge in [-0.3, -0.25) is 0 Å². The Labute approximate surface area is 156 Å². The van der Waals surface area contributed by atoms with Gasteiger partial charge in [-0.15, -0.1) is 0 Å². The Morgan fingerprint density at radius 1 is 0.846 bits per heavy atom. The lowest BCUT2D eigenvalue weighted by Gasteiger charge is -2.23. The monoisotopic (exact) mass is 341 g/mol. The van der Waals surface area contributed by atoms with Gasteiger partial charge in [0.25, 0.3) is 0 Å². The first-order valence-electron chi connectivity index (χ1n) is 9.48. The van der Waals surface area contributed by atoms with E-state index in [1.54, 1.807) is 0 Å². The first-order chi connectivity index (χ1) is 12.5. The maximum atomic E-state index is 5.87. The number of allylic oxidation sites excluding steroid dienone is 5. The molecule has 2 aliphatic carbocycles. The van der Waals surface area contributed by atoms with Gasteiger partial charge in [0.15, 0.2) is 0 Å². The van der Waals surface area contributed by atoms with Gasteiger partial charge in [0, 0.05) is 18.4 Å². The fourth-order valence-corrected chi connectivity index (χ4v) is 4.71. The summed E-state index contributed by atoms with van der Waals surface area (Å²) in [5.74, 6) is 0.890. The number of fused-ring (bicyclic) bond motifs is 1. The Kier molecular flexibility index (Phi) is 4.20. The highest BCUT2D eigenvalue weighted by Crippen LogP contribution is 2.51. The molecule has 0 spiro atoms. The van der Waals surface area contributed by atoms with E-state index in [2.05, 4.69) is 82.3 Å². The fourth-order valence-electron chi connectivity index (χ4n) is 4.71. The molecule has 1 heteroatoms. The van der Waals surface area contributed by atoms with Crippen LogP contribution in [0.4, 0.5) is 0 Å². The molecule has 0 bridgehead atoms. The average molecular weight is 341 g/mol. The minimum atomic E-state index is 0.412. The zero-order chi connectivity index (χ0) is 18.4. The number of nitrogens with two attached hydrogens (primary N) is 1. The van der Waals surface area contributed by atoms with E-state index in [0.717, 1.165) is 0 Å². The van der Waals surface area contributed by atoms with Gasteiger partial charge in [-0.05, 0) is 72.7 Å². The molecule has 0 saturated heterocycles. The molecule has 0 aromatic heterocycles. The highest BCUT2D eigenvalue weighted by molar-refractivity contribution is 5.86. The van der Waals surface area contributed by atoms with E-state index in [-0.39, 0.29) is 0 Å². The van der Waals surface area contributed by atoms with Crippen molar-refractivity contribution in [1.29, 1.82) is 0 Å². The second-order valence-electron chi connectivity index (χ2n) is 7.69. The summed E-state index contributed by atoms with van der Waals surface area (Å²) in [5.41, 5.74) is 18.5. The highest BCUT2D eigenvalue weighted by atomic mass is 14.5. The fraction of sp³-hybridized carbons (Fsp3) is 0.280. The molecule has 2 aromatic carbocycles. The predicted molar refractivity (Wildman–Crippen MR) is 111 cm³/mol. The largest absolute Gasteiger partial charge is 0.326 e. The molecule has 0 saturated carbocycles. The van der Waals surface area contributed by atoms with E-state index >= 15 is 0 Å². The molecule has 1 atom stereocenters. The van der Waals surface area contributed by atoms with Crippen LogP contribution in [0.2, 0.25) is 0 Å². The molecule has 2 aromatic rings. The van der Waals surface area contributed by atoms with Crippen LogP contribution in [0.25, 0.3) is 5.57 Å². The van der Waals surface area contributed by atoms with Crippen LogP contribution in [0, 0.1) is 5.92 Å². The maximum Gasteiger partial charge on any atom is 0.0178 e. The molecular formula is C25H27N. The van der Waals surface area contributed by atoms with E-state index < -0.39 is 0 Å². The predicted octanol–water partition coefficient (Wildman–Crippen LogP) is 5.98. The molecular weight excluding hydrogens is 314 g/mol. The van der Waals surface area contributed by atoms with E-state index in [0.29, 0.717) is 18.4 Å². The van der Waals surface area contributed by atoms with Crippen LogP contribution < -0.4 is 5.73 Å². The Bertz CT molecular complexity index is 947. The van der Waals surface area contributed by atoms with Crippen LogP contribution in [0.15, 0.2) is 76.9 Å². The lowest BCUT2D eigenvalue weighted by atomic mass is 9.81. The van der Waals surface area contributed by atoms with Crippen molar-refractivity contribution in [2.45, 2.75) is 40.2 Å². The maximum absolute atomic E-state index is 5.87. The topological polar surface area (TPSA) is 26.0 Å². The first-order valence-corrected chi connectivity index (χ1v) is 9.48. The summed E-state index contributed by atoms with van der Waals surface area (Å²) < 4.78 is 0. The van der Waals surface area contributed by atoms with Crippen LogP contribution in [0.1, 0.15) is 55.9 Å². The van der Waals surface area contributed by atoms with Gasteiger partial charge in [-0.25, -0.2) is 0 Å². The minimum Gasteiger partial charge on any atom is -0.326 e.